The van der Waals surface area contributed by atoms with Gasteiger partial charge in [0.2, 0.25) is 5.91 Å². The van der Waals surface area contributed by atoms with E-state index in [-0.39, 0.29) is 17.6 Å². The highest BCUT2D eigenvalue weighted by molar-refractivity contribution is 6.15. The van der Waals surface area contributed by atoms with Crippen LogP contribution in [0.15, 0.2) is 23.8 Å². The zero-order valence-electron chi connectivity index (χ0n) is 8.09. The molecular formula is C11H7F2NO2. The number of halogens is 2. The highest BCUT2D eigenvalue weighted by Gasteiger charge is 2.23. The summed E-state index contributed by atoms with van der Waals surface area (Å²) in [4.78, 5) is 22.0. The van der Waals surface area contributed by atoms with Gasteiger partial charge in [-0.25, -0.2) is 8.78 Å². The number of carbonyl (C=O) groups is 2. The van der Waals surface area contributed by atoms with Crippen molar-refractivity contribution in [3.8, 4) is 0 Å². The summed E-state index contributed by atoms with van der Waals surface area (Å²) in [7, 11) is 0. The van der Waals surface area contributed by atoms with Crippen molar-refractivity contribution in [2.75, 3.05) is 0 Å². The Morgan fingerprint density at radius 1 is 1.25 bits per heavy atom. The molecule has 1 heterocycles. The van der Waals surface area contributed by atoms with Crippen LogP contribution < -0.4 is 5.32 Å². The second-order valence-electron chi connectivity index (χ2n) is 3.39. The second kappa shape index (κ2) is 3.84. The van der Waals surface area contributed by atoms with E-state index < -0.39 is 23.4 Å². The van der Waals surface area contributed by atoms with Gasteiger partial charge in [0.1, 0.15) is 11.6 Å². The first kappa shape index (κ1) is 10.5. The van der Waals surface area contributed by atoms with Crippen LogP contribution in [-0.2, 0) is 9.59 Å². The lowest BCUT2D eigenvalue weighted by molar-refractivity contribution is -0.124. The van der Waals surface area contributed by atoms with Gasteiger partial charge in [-0.2, -0.15) is 0 Å². The third-order valence-electron chi connectivity index (χ3n) is 2.18. The molecule has 1 saturated heterocycles. The van der Waals surface area contributed by atoms with E-state index >= 15 is 0 Å². The van der Waals surface area contributed by atoms with Gasteiger partial charge in [-0.3, -0.25) is 14.9 Å². The predicted octanol–water partition coefficient (Wildman–Crippen LogP) is 1.39. The van der Waals surface area contributed by atoms with Crippen LogP contribution in [0.4, 0.5) is 8.78 Å². The van der Waals surface area contributed by atoms with Crippen LogP contribution in [0, 0.1) is 11.6 Å². The van der Waals surface area contributed by atoms with Crippen LogP contribution in [0.2, 0.25) is 0 Å². The normalized spacial score (nSPS) is 18.0. The monoisotopic (exact) mass is 223 g/mol. The maximum absolute atomic E-state index is 13.2. The lowest BCUT2D eigenvalue weighted by Crippen LogP contribution is -2.19. The number of carbonyl (C=O) groups excluding carboxylic acids is 2. The van der Waals surface area contributed by atoms with E-state index in [2.05, 4.69) is 5.32 Å². The van der Waals surface area contributed by atoms with Gasteiger partial charge >= 0.3 is 0 Å². The standard InChI is InChI=1S/C11H7F2NO2/c12-8-1-2-9(13)6(4-8)3-7-5-10(15)14-11(7)16/h1-4H,5H2,(H,14,15,16)/b7-3+. The van der Waals surface area contributed by atoms with Crippen molar-refractivity contribution < 1.29 is 18.4 Å². The number of imide groups is 1. The Morgan fingerprint density at radius 2 is 2.00 bits per heavy atom. The first-order valence-corrected chi connectivity index (χ1v) is 4.56. The lowest BCUT2D eigenvalue weighted by Gasteiger charge is -1.98. The van der Waals surface area contributed by atoms with E-state index in [4.69, 9.17) is 0 Å². The number of nitrogens with one attached hydrogen (secondary N) is 1. The largest absolute Gasteiger partial charge is 0.292 e. The highest BCUT2D eigenvalue weighted by atomic mass is 19.1. The third-order valence-corrected chi connectivity index (χ3v) is 2.18. The van der Waals surface area contributed by atoms with Crippen molar-refractivity contribution in [3.05, 3.63) is 41.0 Å². The Bertz CT molecular complexity index is 509. The molecule has 1 aliphatic rings. The molecule has 3 nitrogen and oxygen atoms in total. The van der Waals surface area contributed by atoms with Crippen LogP contribution >= 0.6 is 0 Å². The number of amides is 2. The molecule has 2 rings (SSSR count). The van der Waals surface area contributed by atoms with Crippen molar-refractivity contribution in [1.82, 2.24) is 5.32 Å². The molecule has 1 N–H and O–H groups in total. The van der Waals surface area contributed by atoms with Gasteiger partial charge in [0.15, 0.2) is 0 Å². The first-order valence-electron chi connectivity index (χ1n) is 4.56. The van der Waals surface area contributed by atoms with E-state index in [1.807, 2.05) is 0 Å². The molecule has 1 aromatic carbocycles. The number of rotatable bonds is 1. The van der Waals surface area contributed by atoms with Gasteiger partial charge in [-0.15, -0.1) is 0 Å². The molecule has 82 valence electrons. The van der Waals surface area contributed by atoms with Gasteiger partial charge < -0.3 is 0 Å². The molecule has 0 aromatic heterocycles. The van der Waals surface area contributed by atoms with Crippen LogP contribution in [-0.4, -0.2) is 11.8 Å². The van der Waals surface area contributed by atoms with Crippen molar-refractivity contribution >= 4 is 17.9 Å². The number of hydrogen-bond acceptors (Lipinski definition) is 2. The average Bonchev–Trinajstić information content (AvgIpc) is 2.51. The molecule has 1 aromatic rings. The summed E-state index contributed by atoms with van der Waals surface area (Å²) in [5.74, 6) is -2.24. The van der Waals surface area contributed by atoms with E-state index in [1.54, 1.807) is 0 Å². The van der Waals surface area contributed by atoms with E-state index in [0.717, 1.165) is 18.2 Å². The number of benzene rings is 1. The van der Waals surface area contributed by atoms with Crippen LogP contribution in [0.25, 0.3) is 6.08 Å². The summed E-state index contributed by atoms with van der Waals surface area (Å²) in [5.41, 5.74) is 0.0920. The van der Waals surface area contributed by atoms with Crippen molar-refractivity contribution in [2.24, 2.45) is 0 Å². The zero-order chi connectivity index (χ0) is 11.7. The molecule has 0 radical (unpaired) electrons. The second-order valence-corrected chi connectivity index (χ2v) is 3.39. The summed E-state index contributed by atoms with van der Waals surface area (Å²) in [6, 6.07) is 2.92. The van der Waals surface area contributed by atoms with Gasteiger partial charge in [-0.1, -0.05) is 0 Å². The van der Waals surface area contributed by atoms with Gasteiger partial charge in [-0.05, 0) is 24.3 Å². The Kier molecular flexibility index (Phi) is 2.52. The maximum Gasteiger partial charge on any atom is 0.254 e. The minimum absolute atomic E-state index is 0.0418. The summed E-state index contributed by atoms with van der Waals surface area (Å²) in [6.45, 7) is 0. The van der Waals surface area contributed by atoms with Crippen LogP contribution in [0.5, 0.6) is 0 Å². The van der Waals surface area contributed by atoms with Crippen molar-refractivity contribution in [1.29, 1.82) is 0 Å². The molecule has 0 saturated carbocycles. The highest BCUT2D eigenvalue weighted by Crippen LogP contribution is 2.17. The van der Waals surface area contributed by atoms with E-state index in [1.165, 1.54) is 6.08 Å². The molecule has 16 heavy (non-hydrogen) atoms. The molecule has 0 unspecified atom stereocenters. The lowest BCUT2D eigenvalue weighted by atomic mass is 10.1. The Labute approximate surface area is 89.8 Å². The van der Waals surface area contributed by atoms with Gasteiger partial charge in [0.25, 0.3) is 5.91 Å². The minimum Gasteiger partial charge on any atom is -0.292 e. The topological polar surface area (TPSA) is 46.2 Å². The quantitative estimate of drug-likeness (QED) is 0.577. The van der Waals surface area contributed by atoms with E-state index in [9.17, 15) is 18.4 Å². The molecular weight excluding hydrogens is 216 g/mol. The molecule has 1 fully saturated rings. The van der Waals surface area contributed by atoms with Crippen molar-refractivity contribution in [2.45, 2.75) is 6.42 Å². The summed E-state index contributed by atoms with van der Waals surface area (Å²) in [5, 5.41) is 2.06. The molecule has 0 aliphatic carbocycles. The summed E-state index contributed by atoms with van der Waals surface area (Å²) in [6.07, 6.45) is 1.08. The SMILES string of the molecule is O=C1C/C(=C\c2cc(F)ccc2F)C(=O)N1. The van der Waals surface area contributed by atoms with Crippen LogP contribution in [0.1, 0.15) is 12.0 Å². The third kappa shape index (κ3) is 1.98. The molecule has 0 atom stereocenters. The summed E-state index contributed by atoms with van der Waals surface area (Å²) < 4.78 is 26.1. The minimum atomic E-state index is -0.638. The zero-order valence-corrected chi connectivity index (χ0v) is 8.09. The molecule has 5 heteroatoms. The predicted molar refractivity (Wildman–Crippen MR) is 52.1 cm³/mol. The van der Waals surface area contributed by atoms with Crippen LogP contribution in [0.3, 0.4) is 0 Å². The molecule has 0 bridgehead atoms. The average molecular weight is 223 g/mol. The fourth-order valence-corrected chi connectivity index (χ4v) is 1.43. The van der Waals surface area contributed by atoms with Gasteiger partial charge in [0.05, 0.1) is 6.42 Å². The fourth-order valence-electron chi connectivity index (χ4n) is 1.43. The Morgan fingerprint density at radius 3 is 2.62 bits per heavy atom. The Hall–Kier alpha value is -2.04. The molecule has 0 spiro atoms. The first-order chi connectivity index (χ1) is 7.56. The Balaban J connectivity index is 2.39. The fraction of sp³-hybridized carbons (Fsp3) is 0.0909. The summed E-state index contributed by atoms with van der Waals surface area (Å²) >= 11 is 0. The smallest absolute Gasteiger partial charge is 0.254 e. The van der Waals surface area contributed by atoms with E-state index in [0.29, 0.717) is 0 Å². The van der Waals surface area contributed by atoms with Gasteiger partial charge in [0, 0.05) is 11.1 Å². The molecule has 1 aliphatic heterocycles. The van der Waals surface area contributed by atoms with Crippen molar-refractivity contribution in [3.63, 3.8) is 0 Å². The number of hydrogen-bond donors (Lipinski definition) is 1. The maximum atomic E-state index is 13.2. The molecule has 2 amide bonds.